The summed E-state index contributed by atoms with van der Waals surface area (Å²) in [6, 6.07) is 0. The highest BCUT2D eigenvalue weighted by Crippen LogP contribution is 2.16. The van der Waals surface area contributed by atoms with Crippen molar-refractivity contribution in [3.05, 3.63) is 43.7 Å². The zero-order valence-electron chi connectivity index (χ0n) is 13.7. The molecule has 1 aliphatic rings. The number of nitrogens with two attached hydrogens (primary N) is 1. The largest absolute Gasteiger partial charge is 0.376 e. The van der Waals surface area contributed by atoms with Gasteiger partial charge < -0.3 is 15.5 Å². The summed E-state index contributed by atoms with van der Waals surface area (Å²) in [5, 5.41) is 4.29. The summed E-state index contributed by atoms with van der Waals surface area (Å²) in [6.45, 7) is 0.685. The van der Waals surface area contributed by atoms with Crippen molar-refractivity contribution >= 4 is 28.3 Å². The van der Waals surface area contributed by atoms with Crippen LogP contribution in [0.1, 0.15) is 28.9 Å². The van der Waals surface area contributed by atoms with E-state index < -0.39 is 23.1 Å². The Morgan fingerprint density at radius 1 is 1.46 bits per heavy atom. The second-order valence-corrected chi connectivity index (χ2v) is 6.66. The van der Waals surface area contributed by atoms with Crippen LogP contribution in [-0.4, -0.2) is 39.1 Å². The maximum Gasteiger partial charge on any atom is 0.328 e. The summed E-state index contributed by atoms with van der Waals surface area (Å²) in [5.41, 5.74) is 4.01. The number of hydrogen-bond acceptors (Lipinski definition) is 7. The predicted octanol–water partition coefficient (Wildman–Crippen LogP) is -0.548. The predicted molar refractivity (Wildman–Crippen MR) is 93.3 cm³/mol. The van der Waals surface area contributed by atoms with Crippen LogP contribution in [0.4, 0.5) is 5.13 Å². The van der Waals surface area contributed by atoms with Gasteiger partial charge in [-0.2, -0.15) is 0 Å². The highest BCUT2D eigenvalue weighted by Gasteiger charge is 2.21. The first kappa shape index (κ1) is 18.0. The molecule has 3 heterocycles. The van der Waals surface area contributed by atoms with E-state index in [1.165, 1.54) is 0 Å². The van der Waals surface area contributed by atoms with Gasteiger partial charge in [0, 0.05) is 18.2 Å². The van der Waals surface area contributed by atoms with Gasteiger partial charge in [-0.15, -0.1) is 11.3 Å². The summed E-state index contributed by atoms with van der Waals surface area (Å²) >= 11 is 1.10. The van der Waals surface area contributed by atoms with E-state index in [1.54, 1.807) is 5.38 Å². The number of anilines is 1. The normalized spacial score (nSPS) is 16.5. The molecule has 138 valence electrons. The number of rotatable bonds is 6. The van der Waals surface area contributed by atoms with Crippen molar-refractivity contribution in [2.45, 2.75) is 31.9 Å². The monoisotopic (exact) mass is 379 g/mol. The van der Waals surface area contributed by atoms with Gasteiger partial charge in [0.1, 0.15) is 5.56 Å². The van der Waals surface area contributed by atoms with Gasteiger partial charge in [0.25, 0.3) is 11.5 Å². The van der Waals surface area contributed by atoms with Crippen LogP contribution in [-0.2, 0) is 22.5 Å². The molecule has 1 atom stereocenters. The number of thiazole rings is 1. The van der Waals surface area contributed by atoms with E-state index in [0.29, 0.717) is 12.3 Å². The number of nitrogens with one attached hydrogen (secondary N) is 2. The lowest BCUT2D eigenvalue weighted by molar-refractivity contribution is -0.117. The molecule has 10 nitrogen and oxygen atoms in total. The lowest BCUT2D eigenvalue weighted by atomic mass is 10.2. The Balaban J connectivity index is 1.78. The molecule has 3 rings (SSSR count). The molecule has 2 amide bonds. The zero-order chi connectivity index (χ0) is 18.7. The summed E-state index contributed by atoms with van der Waals surface area (Å²) in [7, 11) is 0. The molecule has 2 aromatic rings. The number of primary amides is 1. The minimum absolute atomic E-state index is 0.0424. The fraction of sp³-hybridized carbons (Fsp3) is 0.400. The van der Waals surface area contributed by atoms with E-state index in [-0.39, 0.29) is 29.8 Å². The standard InChI is InChI=1S/C15H17N5O5S/c16-11(21)4-8-7-26-14(18-8)19-12(22)10-5-17-15(24)20(13(10)23)6-9-2-1-3-25-9/h5,7,9H,1-4,6H2,(H2,16,21)(H,17,24)(H,18,19,22). The van der Waals surface area contributed by atoms with Gasteiger partial charge in [-0.3, -0.25) is 24.3 Å². The molecule has 0 bridgehead atoms. The molecule has 4 N–H and O–H groups in total. The van der Waals surface area contributed by atoms with Gasteiger partial charge in [0.15, 0.2) is 5.13 Å². The van der Waals surface area contributed by atoms with E-state index in [2.05, 4.69) is 15.3 Å². The molecule has 0 aromatic carbocycles. The number of aromatic amines is 1. The molecule has 11 heteroatoms. The van der Waals surface area contributed by atoms with E-state index in [1.807, 2.05) is 0 Å². The third kappa shape index (κ3) is 4.06. The Hall–Kier alpha value is -2.79. The fourth-order valence-electron chi connectivity index (χ4n) is 2.62. The van der Waals surface area contributed by atoms with Gasteiger partial charge in [0.05, 0.1) is 24.8 Å². The van der Waals surface area contributed by atoms with E-state index in [4.69, 9.17) is 10.5 Å². The first-order valence-electron chi connectivity index (χ1n) is 7.92. The average Bonchev–Trinajstić information content (AvgIpc) is 3.23. The number of hydrogen-bond donors (Lipinski definition) is 3. The van der Waals surface area contributed by atoms with Crippen LogP contribution in [0.15, 0.2) is 21.2 Å². The smallest absolute Gasteiger partial charge is 0.328 e. The second kappa shape index (κ2) is 7.62. The number of carbonyl (C=O) groups excluding carboxylic acids is 2. The van der Waals surface area contributed by atoms with Crippen molar-refractivity contribution in [3.63, 3.8) is 0 Å². The molecule has 26 heavy (non-hydrogen) atoms. The van der Waals surface area contributed by atoms with Crippen molar-refractivity contribution in [3.8, 4) is 0 Å². The van der Waals surface area contributed by atoms with E-state index in [9.17, 15) is 19.2 Å². The Kier molecular flexibility index (Phi) is 5.28. The van der Waals surface area contributed by atoms with Crippen LogP contribution in [0, 0.1) is 0 Å². The lowest BCUT2D eigenvalue weighted by Crippen LogP contribution is -2.41. The second-order valence-electron chi connectivity index (χ2n) is 5.80. The minimum Gasteiger partial charge on any atom is -0.376 e. The molecular weight excluding hydrogens is 362 g/mol. The third-order valence-corrected chi connectivity index (χ3v) is 4.65. The molecule has 1 saturated heterocycles. The molecule has 1 aliphatic heterocycles. The molecule has 0 radical (unpaired) electrons. The van der Waals surface area contributed by atoms with Crippen LogP contribution in [0.3, 0.4) is 0 Å². The lowest BCUT2D eigenvalue weighted by Gasteiger charge is -2.11. The first-order valence-corrected chi connectivity index (χ1v) is 8.80. The van der Waals surface area contributed by atoms with Gasteiger partial charge in [0.2, 0.25) is 5.91 Å². The molecule has 2 aromatic heterocycles. The maximum atomic E-state index is 12.5. The molecular formula is C15H17N5O5S. The Morgan fingerprint density at radius 3 is 2.96 bits per heavy atom. The highest BCUT2D eigenvalue weighted by molar-refractivity contribution is 7.14. The minimum atomic E-state index is -0.702. The van der Waals surface area contributed by atoms with Crippen molar-refractivity contribution < 1.29 is 14.3 Å². The number of ether oxygens (including phenoxy) is 1. The third-order valence-electron chi connectivity index (χ3n) is 3.84. The van der Waals surface area contributed by atoms with Crippen molar-refractivity contribution in [1.82, 2.24) is 14.5 Å². The van der Waals surface area contributed by atoms with Crippen LogP contribution in [0.2, 0.25) is 0 Å². The Labute approximate surface area is 151 Å². The van der Waals surface area contributed by atoms with Crippen molar-refractivity contribution in [2.75, 3.05) is 11.9 Å². The van der Waals surface area contributed by atoms with Crippen molar-refractivity contribution in [1.29, 1.82) is 0 Å². The van der Waals surface area contributed by atoms with Gasteiger partial charge in [-0.05, 0) is 12.8 Å². The topological polar surface area (TPSA) is 149 Å². The Morgan fingerprint density at radius 2 is 2.27 bits per heavy atom. The molecule has 1 unspecified atom stereocenters. The summed E-state index contributed by atoms with van der Waals surface area (Å²) < 4.78 is 6.40. The summed E-state index contributed by atoms with van der Waals surface area (Å²) in [5.74, 6) is -1.24. The quantitative estimate of drug-likeness (QED) is 0.613. The molecule has 1 fully saturated rings. The number of carbonyl (C=O) groups is 2. The number of amides is 2. The molecule has 0 saturated carbocycles. The summed E-state index contributed by atoms with van der Waals surface area (Å²) in [6.07, 6.45) is 2.44. The van der Waals surface area contributed by atoms with Crippen LogP contribution in [0.25, 0.3) is 0 Å². The van der Waals surface area contributed by atoms with Crippen molar-refractivity contribution in [2.24, 2.45) is 5.73 Å². The highest BCUT2D eigenvalue weighted by atomic mass is 32.1. The van der Waals surface area contributed by atoms with Crippen LogP contribution >= 0.6 is 11.3 Å². The number of nitrogens with zero attached hydrogens (tertiary/aromatic N) is 2. The summed E-state index contributed by atoms with van der Waals surface area (Å²) in [4.78, 5) is 54.1. The first-order chi connectivity index (χ1) is 12.4. The number of aromatic nitrogens is 3. The van der Waals surface area contributed by atoms with E-state index >= 15 is 0 Å². The zero-order valence-corrected chi connectivity index (χ0v) is 14.5. The SMILES string of the molecule is NC(=O)Cc1csc(NC(=O)c2c[nH]c(=O)n(CC3CCCO3)c2=O)n1. The Bertz CT molecular complexity index is 940. The van der Waals surface area contributed by atoms with Gasteiger partial charge in [-0.1, -0.05) is 0 Å². The van der Waals surface area contributed by atoms with Crippen LogP contribution < -0.4 is 22.3 Å². The maximum absolute atomic E-state index is 12.5. The fourth-order valence-corrected chi connectivity index (χ4v) is 3.33. The average molecular weight is 379 g/mol. The number of H-pyrrole nitrogens is 1. The van der Waals surface area contributed by atoms with Gasteiger partial charge >= 0.3 is 5.69 Å². The molecule has 0 aliphatic carbocycles. The van der Waals surface area contributed by atoms with Crippen LogP contribution in [0.5, 0.6) is 0 Å². The van der Waals surface area contributed by atoms with E-state index in [0.717, 1.165) is 34.9 Å². The molecule has 0 spiro atoms. The van der Waals surface area contributed by atoms with Gasteiger partial charge in [-0.25, -0.2) is 9.78 Å².